The lowest BCUT2D eigenvalue weighted by Crippen LogP contribution is -2.20. The summed E-state index contributed by atoms with van der Waals surface area (Å²) in [5.41, 5.74) is 2.75. The number of nitrogens with one attached hydrogen (secondary N) is 2. The van der Waals surface area contributed by atoms with Crippen LogP contribution < -0.4 is 15.5 Å². The van der Waals surface area contributed by atoms with Crippen molar-refractivity contribution in [3.8, 4) is 0 Å². The van der Waals surface area contributed by atoms with Crippen LogP contribution in [0.4, 0.5) is 17.1 Å². The van der Waals surface area contributed by atoms with Crippen molar-refractivity contribution in [2.45, 2.75) is 19.3 Å². The highest BCUT2D eigenvalue weighted by molar-refractivity contribution is 6.03. The smallest absolute Gasteiger partial charge is 0.228 e. The molecule has 0 spiro atoms. The zero-order valence-corrected chi connectivity index (χ0v) is 14.7. The second kappa shape index (κ2) is 7.20. The molecule has 1 aliphatic heterocycles. The van der Waals surface area contributed by atoms with Crippen LogP contribution in [0.3, 0.4) is 0 Å². The Bertz CT molecular complexity index is 783. The highest BCUT2D eigenvalue weighted by Crippen LogP contribution is 2.40. The summed E-state index contributed by atoms with van der Waals surface area (Å²) in [6, 6.07) is 17.3. The van der Waals surface area contributed by atoms with Gasteiger partial charge in [0.15, 0.2) is 0 Å². The van der Waals surface area contributed by atoms with Gasteiger partial charge in [0.25, 0.3) is 0 Å². The lowest BCUT2D eigenvalue weighted by molar-refractivity contribution is -0.122. The lowest BCUT2D eigenvalue weighted by Gasteiger charge is -2.17. The van der Waals surface area contributed by atoms with Crippen molar-refractivity contribution in [2.24, 2.45) is 11.8 Å². The minimum Gasteiger partial charge on any atom is -0.372 e. The zero-order valence-electron chi connectivity index (χ0n) is 14.7. The van der Waals surface area contributed by atoms with Gasteiger partial charge >= 0.3 is 0 Å². The Labute approximate surface area is 153 Å². The number of para-hydroxylation sites is 1. The van der Waals surface area contributed by atoms with Crippen LogP contribution in [-0.4, -0.2) is 24.9 Å². The van der Waals surface area contributed by atoms with E-state index in [2.05, 4.69) is 15.5 Å². The van der Waals surface area contributed by atoms with Crippen LogP contribution in [0.5, 0.6) is 0 Å². The third kappa shape index (κ3) is 3.72. The molecule has 2 aromatic carbocycles. The van der Waals surface area contributed by atoms with Crippen LogP contribution >= 0.6 is 0 Å². The van der Waals surface area contributed by atoms with Crippen LogP contribution in [0.2, 0.25) is 0 Å². The molecule has 2 fully saturated rings. The largest absolute Gasteiger partial charge is 0.372 e. The van der Waals surface area contributed by atoms with E-state index in [1.54, 1.807) is 0 Å². The van der Waals surface area contributed by atoms with E-state index >= 15 is 0 Å². The standard InChI is InChI=1S/C21H23N3O2/c25-20(22-15-6-2-1-3-7-15)18-14-19(18)21(26)23-16-8-10-17(11-9-16)24-12-4-5-13-24/h1-3,6-11,18-19H,4-5,12-14H2,(H,22,25)(H,23,26). The van der Waals surface area contributed by atoms with E-state index in [0.29, 0.717) is 6.42 Å². The van der Waals surface area contributed by atoms with Gasteiger partial charge in [0.05, 0.1) is 11.8 Å². The van der Waals surface area contributed by atoms with Gasteiger partial charge in [0.1, 0.15) is 0 Å². The van der Waals surface area contributed by atoms with E-state index < -0.39 is 0 Å². The molecule has 2 amide bonds. The number of benzene rings is 2. The molecule has 2 atom stereocenters. The van der Waals surface area contributed by atoms with Crippen LogP contribution in [0.25, 0.3) is 0 Å². The lowest BCUT2D eigenvalue weighted by atomic mass is 10.2. The molecule has 4 rings (SSSR count). The van der Waals surface area contributed by atoms with Gasteiger partial charge < -0.3 is 15.5 Å². The van der Waals surface area contributed by atoms with E-state index in [1.165, 1.54) is 18.5 Å². The maximum Gasteiger partial charge on any atom is 0.228 e. The Morgan fingerprint density at radius 1 is 0.769 bits per heavy atom. The predicted octanol–water partition coefficient (Wildman–Crippen LogP) is 3.50. The Morgan fingerprint density at radius 3 is 1.88 bits per heavy atom. The molecule has 2 N–H and O–H groups in total. The Balaban J connectivity index is 1.29. The molecular weight excluding hydrogens is 326 g/mol. The monoisotopic (exact) mass is 349 g/mol. The average Bonchev–Trinajstić information content (AvgIpc) is 3.29. The van der Waals surface area contributed by atoms with Gasteiger partial charge in [-0.15, -0.1) is 0 Å². The fraction of sp³-hybridized carbons (Fsp3) is 0.333. The molecular formula is C21H23N3O2. The Morgan fingerprint density at radius 2 is 1.31 bits per heavy atom. The first kappa shape index (κ1) is 16.6. The summed E-state index contributed by atoms with van der Waals surface area (Å²) in [4.78, 5) is 27.0. The topological polar surface area (TPSA) is 61.4 Å². The molecule has 0 bridgehead atoms. The molecule has 5 heteroatoms. The van der Waals surface area contributed by atoms with Gasteiger partial charge in [0, 0.05) is 30.2 Å². The molecule has 1 heterocycles. The second-order valence-electron chi connectivity index (χ2n) is 7.03. The summed E-state index contributed by atoms with van der Waals surface area (Å²) >= 11 is 0. The number of carbonyl (C=O) groups excluding carboxylic acids is 2. The maximum atomic E-state index is 12.4. The summed E-state index contributed by atoms with van der Waals surface area (Å²) in [6.45, 7) is 2.21. The van der Waals surface area contributed by atoms with Crippen molar-refractivity contribution in [2.75, 3.05) is 28.6 Å². The van der Waals surface area contributed by atoms with Crippen LogP contribution in [0, 0.1) is 11.8 Å². The van der Waals surface area contributed by atoms with E-state index in [1.807, 2.05) is 54.6 Å². The van der Waals surface area contributed by atoms with Gasteiger partial charge in [-0.05, 0) is 55.7 Å². The van der Waals surface area contributed by atoms with Crippen molar-refractivity contribution in [1.29, 1.82) is 0 Å². The highest BCUT2D eigenvalue weighted by Gasteiger charge is 2.48. The Kier molecular flexibility index (Phi) is 4.61. The molecule has 5 nitrogen and oxygen atoms in total. The van der Waals surface area contributed by atoms with Crippen LogP contribution in [-0.2, 0) is 9.59 Å². The molecule has 2 unspecified atom stereocenters. The van der Waals surface area contributed by atoms with Crippen molar-refractivity contribution < 1.29 is 9.59 Å². The maximum absolute atomic E-state index is 12.4. The fourth-order valence-electron chi connectivity index (χ4n) is 3.50. The minimum absolute atomic E-state index is 0.0767. The number of anilines is 3. The first-order valence-electron chi connectivity index (χ1n) is 9.22. The van der Waals surface area contributed by atoms with Gasteiger partial charge in [-0.3, -0.25) is 9.59 Å². The first-order chi connectivity index (χ1) is 12.7. The molecule has 0 aromatic heterocycles. The third-order valence-corrected chi connectivity index (χ3v) is 5.11. The second-order valence-corrected chi connectivity index (χ2v) is 7.03. The molecule has 1 aliphatic carbocycles. The normalized spacial score (nSPS) is 21.3. The van der Waals surface area contributed by atoms with Crippen molar-refractivity contribution in [3.63, 3.8) is 0 Å². The quantitative estimate of drug-likeness (QED) is 0.868. The van der Waals surface area contributed by atoms with Crippen molar-refractivity contribution in [1.82, 2.24) is 0 Å². The third-order valence-electron chi connectivity index (χ3n) is 5.11. The SMILES string of the molecule is O=C(Nc1ccccc1)C1CC1C(=O)Nc1ccc(N2CCCC2)cc1. The van der Waals surface area contributed by atoms with Gasteiger partial charge in [-0.2, -0.15) is 0 Å². The van der Waals surface area contributed by atoms with Gasteiger partial charge in [0.2, 0.25) is 11.8 Å². The van der Waals surface area contributed by atoms with Crippen LogP contribution in [0.15, 0.2) is 54.6 Å². The number of rotatable bonds is 5. The average molecular weight is 349 g/mol. The van der Waals surface area contributed by atoms with E-state index in [9.17, 15) is 9.59 Å². The summed E-state index contributed by atoms with van der Waals surface area (Å²) in [5.74, 6) is -0.635. The molecule has 134 valence electrons. The van der Waals surface area contributed by atoms with Gasteiger partial charge in [-0.1, -0.05) is 18.2 Å². The number of carbonyl (C=O) groups is 2. The van der Waals surface area contributed by atoms with E-state index in [0.717, 1.165) is 24.5 Å². The van der Waals surface area contributed by atoms with Crippen LogP contribution in [0.1, 0.15) is 19.3 Å². The molecule has 0 radical (unpaired) electrons. The summed E-state index contributed by atoms with van der Waals surface area (Å²) < 4.78 is 0. The number of hydrogen-bond acceptors (Lipinski definition) is 3. The highest BCUT2D eigenvalue weighted by atomic mass is 16.2. The minimum atomic E-state index is -0.239. The van der Waals surface area contributed by atoms with Crippen molar-refractivity contribution in [3.05, 3.63) is 54.6 Å². The number of amides is 2. The van der Waals surface area contributed by atoms with Gasteiger partial charge in [-0.25, -0.2) is 0 Å². The Hall–Kier alpha value is -2.82. The predicted molar refractivity (Wildman–Crippen MR) is 103 cm³/mol. The molecule has 1 saturated heterocycles. The summed E-state index contributed by atoms with van der Waals surface area (Å²) in [5, 5.41) is 5.80. The summed E-state index contributed by atoms with van der Waals surface area (Å²) in [7, 11) is 0. The first-order valence-corrected chi connectivity index (χ1v) is 9.22. The molecule has 1 saturated carbocycles. The van der Waals surface area contributed by atoms with E-state index in [-0.39, 0.29) is 23.7 Å². The molecule has 2 aromatic rings. The zero-order chi connectivity index (χ0) is 17.9. The van der Waals surface area contributed by atoms with Crippen molar-refractivity contribution >= 4 is 28.9 Å². The van der Waals surface area contributed by atoms with E-state index in [4.69, 9.17) is 0 Å². The summed E-state index contributed by atoms with van der Waals surface area (Å²) in [6.07, 6.45) is 3.09. The fourth-order valence-corrected chi connectivity index (χ4v) is 3.50. The number of nitrogens with zero attached hydrogens (tertiary/aromatic N) is 1. The molecule has 26 heavy (non-hydrogen) atoms. The molecule has 2 aliphatic rings. The number of hydrogen-bond donors (Lipinski definition) is 2.